The number of hydrogen-bond donors (Lipinski definition) is 0. The summed E-state index contributed by atoms with van der Waals surface area (Å²) in [5.41, 5.74) is -0.890. The van der Waals surface area contributed by atoms with Crippen LogP contribution < -0.4 is 0 Å². The predicted octanol–water partition coefficient (Wildman–Crippen LogP) is 1.60. The van der Waals surface area contributed by atoms with Gasteiger partial charge in [0, 0.05) is 0 Å². The fourth-order valence-corrected chi connectivity index (χ4v) is 3.38. The summed E-state index contributed by atoms with van der Waals surface area (Å²) in [6.07, 6.45) is 3.98. The molecule has 0 unspecified atom stereocenters. The molecule has 2 rings (SSSR count). The number of ether oxygens (including phenoxy) is 3. The number of hydrogen-bond acceptors (Lipinski definition) is 6. The van der Waals surface area contributed by atoms with E-state index < -0.39 is 35.3 Å². The summed E-state index contributed by atoms with van der Waals surface area (Å²) in [6.45, 7) is 3.72. The van der Waals surface area contributed by atoms with Gasteiger partial charge in [0.25, 0.3) is 0 Å². The molecule has 2 fully saturated rings. The van der Waals surface area contributed by atoms with E-state index in [4.69, 9.17) is 14.2 Å². The first-order chi connectivity index (χ1) is 10.1. The van der Waals surface area contributed by atoms with Gasteiger partial charge in [-0.05, 0) is 39.5 Å². The van der Waals surface area contributed by atoms with Gasteiger partial charge >= 0.3 is 17.9 Å². The highest BCUT2D eigenvalue weighted by atomic mass is 16.6. The molecule has 2 atom stereocenters. The Morgan fingerprint density at radius 2 is 1.67 bits per heavy atom. The van der Waals surface area contributed by atoms with Crippen LogP contribution in [0.3, 0.4) is 0 Å². The quantitative estimate of drug-likeness (QED) is 0.445. The van der Waals surface area contributed by atoms with E-state index in [-0.39, 0.29) is 13.2 Å². The Bertz CT molecular complexity index is 424. The van der Waals surface area contributed by atoms with Crippen molar-refractivity contribution in [2.45, 2.75) is 51.6 Å². The summed E-state index contributed by atoms with van der Waals surface area (Å²) in [7, 11) is 0. The van der Waals surface area contributed by atoms with Crippen molar-refractivity contribution >= 4 is 17.9 Å². The Balaban J connectivity index is 2.32. The van der Waals surface area contributed by atoms with Crippen LogP contribution in [0.5, 0.6) is 0 Å². The predicted molar refractivity (Wildman–Crippen MR) is 72.2 cm³/mol. The van der Waals surface area contributed by atoms with Crippen molar-refractivity contribution in [1.82, 2.24) is 0 Å². The molecule has 6 heteroatoms. The van der Waals surface area contributed by atoms with Crippen molar-refractivity contribution in [3.63, 3.8) is 0 Å². The SMILES string of the molecule is CCOC(=O)[C@H]1C(=O)OC2(CCCCC2)[C@@H]1C(=O)OCC. The van der Waals surface area contributed by atoms with Crippen molar-refractivity contribution in [2.24, 2.45) is 11.8 Å². The van der Waals surface area contributed by atoms with Crippen LogP contribution in [-0.2, 0) is 28.6 Å². The van der Waals surface area contributed by atoms with Crippen LogP contribution in [0.4, 0.5) is 0 Å². The topological polar surface area (TPSA) is 78.9 Å². The zero-order valence-electron chi connectivity index (χ0n) is 12.6. The van der Waals surface area contributed by atoms with Gasteiger partial charge in [0.2, 0.25) is 0 Å². The lowest BCUT2D eigenvalue weighted by atomic mass is 9.72. The Morgan fingerprint density at radius 1 is 1.10 bits per heavy atom. The zero-order chi connectivity index (χ0) is 15.5. The lowest BCUT2D eigenvalue weighted by Crippen LogP contribution is -2.45. The first-order valence-corrected chi connectivity index (χ1v) is 7.62. The van der Waals surface area contributed by atoms with Crippen LogP contribution >= 0.6 is 0 Å². The molecule has 0 amide bonds. The largest absolute Gasteiger partial charge is 0.466 e. The van der Waals surface area contributed by atoms with E-state index in [1.807, 2.05) is 0 Å². The third kappa shape index (κ3) is 2.89. The molecule has 1 aliphatic carbocycles. The molecule has 6 nitrogen and oxygen atoms in total. The Labute approximate surface area is 124 Å². The molecule has 1 aliphatic heterocycles. The Kier molecular flexibility index (Phi) is 4.85. The van der Waals surface area contributed by atoms with E-state index in [2.05, 4.69) is 0 Å². The van der Waals surface area contributed by atoms with Crippen molar-refractivity contribution in [1.29, 1.82) is 0 Å². The van der Waals surface area contributed by atoms with E-state index in [0.29, 0.717) is 12.8 Å². The normalized spacial score (nSPS) is 27.2. The molecule has 1 spiro atoms. The summed E-state index contributed by atoms with van der Waals surface area (Å²) in [4.78, 5) is 36.5. The highest BCUT2D eigenvalue weighted by Crippen LogP contribution is 2.47. The van der Waals surface area contributed by atoms with Gasteiger partial charge in [0.05, 0.1) is 13.2 Å². The summed E-state index contributed by atoms with van der Waals surface area (Å²) in [5.74, 6) is -3.97. The van der Waals surface area contributed by atoms with Gasteiger partial charge in [-0.2, -0.15) is 0 Å². The second kappa shape index (κ2) is 6.45. The summed E-state index contributed by atoms with van der Waals surface area (Å²) < 4.78 is 15.5. The second-order valence-electron chi connectivity index (χ2n) is 5.51. The number of carbonyl (C=O) groups is 3. The highest BCUT2D eigenvalue weighted by Gasteiger charge is 2.62. The van der Waals surface area contributed by atoms with E-state index in [1.54, 1.807) is 13.8 Å². The van der Waals surface area contributed by atoms with Gasteiger partial charge in [-0.15, -0.1) is 0 Å². The van der Waals surface area contributed by atoms with Crippen LogP contribution in [-0.4, -0.2) is 36.7 Å². The summed E-state index contributed by atoms with van der Waals surface area (Å²) >= 11 is 0. The van der Waals surface area contributed by atoms with E-state index in [0.717, 1.165) is 19.3 Å². The maximum absolute atomic E-state index is 12.3. The molecule has 118 valence electrons. The minimum Gasteiger partial charge on any atom is -0.466 e. The van der Waals surface area contributed by atoms with Crippen LogP contribution in [0.2, 0.25) is 0 Å². The lowest BCUT2D eigenvalue weighted by Gasteiger charge is -2.35. The van der Waals surface area contributed by atoms with E-state index in [9.17, 15) is 14.4 Å². The van der Waals surface area contributed by atoms with Gasteiger partial charge < -0.3 is 14.2 Å². The fourth-order valence-electron chi connectivity index (χ4n) is 3.38. The Morgan fingerprint density at radius 3 is 2.24 bits per heavy atom. The van der Waals surface area contributed by atoms with Crippen LogP contribution in [0.15, 0.2) is 0 Å². The van der Waals surface area contributed by atoms with Gasteiger partial charge in [0.1, 0.15) is 11.5 Å². The van der Waals surface area contributed by atoms with Crippen LogP contribution in [0.25, 0.3) is 0 Å². The molecule has 0 radical (unpaired) electrons. The monoisotopic (exact) mass is 298 g/mol. The molecule has 1 heterocycles. The first kappa shape index (κ1) is 15.8. The average molecular weight is 298 g/mol. The Hall–Kier alpha value is -1.59. The van der Waals surface area contributed by atoms with Crippen LogP contribution in [0.1, 0.15) is 46.0 Å². The van der Waals surface area contributed by atoms with Gasteiger partial charge in [0.15, 0.2) is 5.92 Å². The third-order valence-electron chi connectivity index (χ3n) is 4.24. The van der Waals surface area contributed by atoms with Crippen LogP contribution in [0, 0.1) is 11.8 Å². The van der Waals surface area contributed by atoms with E-state index in [1.165, 1.54) is 0 Å². The summed E-state index contributed by atoms with van der Waals surface area (Å²) in [5, 5.41) is 0. The standard InChI is InChI=1S/C15H22O6/c1-3-19-12(16)10-11(14(18)20-4-2)15(21-13(10)17)8-6-5-7-9-15/h10-11H,3-9H2,1-2H3/t10-,11-/m0/s1. The zero-order valence-corrected chi connectivity index (χ0v) is 12.6. The molecule has 2 aliphatic rings. The minimum atomic E-state index is -1.19. The molecular weight excluding hydrogens is 276 g/mol. The minimum absolute atomic E-state index is 0.158. The maximum Gasteiger partial charge on any atom is 0.321 e. The van der Waals surface area contributed by atoms with Gasteiger partial charge in [-0.3, -0.25) is 14.4 Å². The van der Waals surface area contributed by atoms with Crippen molar-refractivity contribution in [2.75, 3.05) is 13.2 Å². The molecule has 1 saturated carbocycles. The molecule has 0 aromatic rings. The van der Waals surface area contributed by atoms with Crippen molar-refractivity contribution < 1.29 is 28.6 Å². The van der Waals surface area contributed by atoms with Gasteiger partial charge in [-0.1, -0.05) is 6.42 Å². The van der Waals surface area contributed by atoms with Gasteiger partial charge in [-0.25, -0.2) is 0 Å². The molecular formula is C15H22O6. The third-order valence-corrected chi connectivity index (χ3v) is 4.24. The van der Waals surface area contributed by atoms with E-state index >= 15 is 0 Å². The first-order valence-electron chi connectivity index (χ1n) is 7.62. The molecule has 1 saturated heterocycles. The van der Waals surface area contributed by atoms with Crippen molar-refractivity contribution in [3.8, 4) is 0 Å². The lowest BCUT2D eigenvalue weighted by molar-refractivity contribution is -0.163. The number of carbonyl (C=O) groups excluding carboxylic acids is 3. The molecule has 0 aromatic heterocycles. The smallest absolute Gasteiger partial charge is 0.321 e. The molecule has 0 N–H and O–H groups in total. The molecule has 21 heavy (non-hydrogen) atoms. The van der Waals surface area contributed by atoms with Crippen molar-refractivity contribution in [3.05, 3.63) is 0 Å². The number of esters is 3. The fraction of sp³-hybridized carbons (Fsp3) is 0.800. The molecule has 0 bridgehead atoms. The second-order valence-corrected chi connectivity index (χ2v) is 5.51. The number of rotatable bonds is 4. The summed E-state index contributed by atoms with van der Waals surface area (Å²) in [6, 6.07) is 0. The molecule has 0 aromatic carbocycles. The highest BCUT2D eigenvalue weighted by molar-refractivity contribution is 6.02. The maximum atomic E-state index is 12.3. The average Bonchev–Trinajstić information content (AvgIpc) is 2.72.